The largest absolute Gasteiger partial charge is 0.453 e. The van der Waals surface area contributed by atoms with Crippen LogP contribution >= 0.6 is 0 Å². The fourth-order valence-electron chi connectivity index (χ4n) is 3.26. The number of amides is 1. The van der Waals surface area contributed by atoms with Gasteiger partial charge in [0.15, 0.2) is 6.10 Å². The Labute approximate surface area is 142 Å². The normalized spacial score (nSPS) is 16.0. The minimum atomic E-state index is -0.787. The smallest absolute Gasteiger partial charge is 0.306 e. The van der Waals surface area contributed by atoms with E-state index < -0.39 is 6.10 Å². The van der Waals surface area contributed by atoms with E-state index in [0.29, 0.717) is 18.0 Å². The minimum absolute atomic E-state index is 0.275. The molecule has 1 fully saturated rings. The predicted octanol–water partition coefficient (Wildman–Crippen LogP) is 4.29. The maximum atomic E-state index is 12.2. The third-order valence-corrected chi connectivity index (χ3v) is 4.62. The third kappa shape index (κ3) is 4.13. The first-order valence-corrected chi connectivity index (χ1v) is 8.61. The van der Waals surface area contributed by atoms with E-state index in [9.17, 15) is 9.59 Å². The van der Waals surface area contributed by atoms with Gasteiger partial charge >= 0.3 is 5.97 Å². The molecule has 0 aromatic heterocycles. The summed E-state index contributed by atoms with van der Waals surface area (Å²) < 4.78 is 5.28. The number of carbonyl (C=O) groups is 2. The lowest BCUT2D eigenvalue weighted by Gasteiger charge is -2.15. The van der Waals surface area contributed by atoms with Gasteiger partial charge in [0.2, 0.25) is 0 Å². The number of benzene rings is 2. The maximum Gasteiger partial charge on any atom is 0.306 e. The number of carbonyl (C=O) groups excluding carboxylic acids is 2. The Morgan fingerprint density at radius 2 is 1.83 bits per heavy atom. The second-order valence-electron chi connectivity index (χ2n) is 6.54. The van der Waals surface area contributed by atoms with Crippen molar-refractivity contribution in [3.05, 3.63) is 42.5 Å². The standard InChI is InChI=1S/C20H23NO3/c1-14(24-19(22)12-15-6-2-3-7-15)20(23)21-18-11-10-16-8-4-5-9-17(16)13-18/h4-5,8-11,13-15H,2-3,6-7,12H2,1H3,(H,21,23)/t14-/m0/s1. The summed E-state index contributed by atoms with van der Waals surface area (Å²) in [7, 11) is 0. The topological polar surface area (TPSA) is 55.4 Å². The molecule has 4 heteroatoms. The van der Waals surface area contributed by atoms with E-state index in [4.69, 9.17) is 4.74 Å². The number of hydrogen-bond donors (Lipinski definition) is 1. The third-order valence-electron chi connectivity index (χ3n) is 4.62. The van der Waals surface area contributed by atoms with Crippen LogP contribution in [0.5, 0.6) is 0 Å². The fourth-order valence-corrected chi connectivity index (χ4v) is 3.26. The molecule has 2 aromatic rings. The molecule has 1 aliphatic carbocycles. The Hall–Kier alpha value is -2.36. The predicted molar refractivity (Wildman–Crippen MR) is 94.7 cm³/mol. The monoisotopic (exact) mass is 325 g/mol. The van der Waals surface area contributed by atoms with E-state index in [2.05, 4.69) is 5.32 Å². The zero-order valence-electron chi connectivity index (χ0n) is 14.0. The Morgan fingerprint density at radius 1 is 1.12 bits per heavy atom. The van der Waals surface area contributed by atoms with Crippen molar-refractivity contribution in [1.29, 1.82) is 0 Å². The molecule has 0 heterocycles. The molecule has 0 unspecified atom stereocenters. The van der Waals surface area contributed by atoms with Gasteiger partial charge in [-0.2, -0.15) is 0 Å². The molecule has 1 amide bonds. The number of ether oxygens (including phenoxy) is 1. The highest BCUT2D eigenvalue weighted by molar-refractivity contribution is 5.97. The number of fused-ring (bicyclic) bond motifs is 1. The van der Waals surface area contributed by atoms with Gasteiger partial charge in [0, 0.05) is 12.1 Å². The van der Waals surface area contributed by atoms with Gasteiger partial charge in [0.25, 0.3) is 5.91 Å². The van der Waals surface area contributed by atoms with Crippen molar-refractivity contribution in [1.82, 2.24) is 0 Å². The number of anilines is 1. The summed E-state index contributed by atoms with van der Waals surface area (Å²) in [5.41, 5.74) is 0.706. The fraction of sp³-hybridized carbons (Fsp3) is 0.400. The van der Waals surface area contributed by atoms with Crippen molar-refractivity contribution >= 4 is 28.3 Å². The molecule has 24 heavy (non-hydrogen) atoms. The molecule has 0 radical (unpaired) electrons. The Balaban J connectivity index is 1.55. The lowest BCUT2D eigenvalue weighted by Crippen LogP contribution is -2.30. The van der Waals surface area contributed by atoms with E-state index in [1.54, 1.807) is 6.92 Å². The average Bonchev–Trinajstić information content (AvgIpc) is 3.07. The van der Waals surface area contributed by atoms with Crippen molar-refractivity contribution in [3.8, 4) is 0 Å². The molecule has 3 rings (SSSR count). The second kappa shape index (κ2) is 7.47. The molecular weight excluding hydrogens is 302 g/mol. The lowest BCUT2D eigenvalue weighted by molar-refractivity contribution is -0.154. The average molecular weight is 325 g/mol. The van der Waals surface area contributed by atoms with Crippen molar-refractivity contribution in [2.45, 2.75) is 45.1 Å². The molecule has 4 nitrogen and oxygen atoms in total. The highest BCUT2D eigenvalue weighted by Crippen LogP contribution is 2.28. The molecule has 1 atom stereocenters. The molecule has 1 saturated carbocycles. The molecular formula is C20H23NO3. The zero-order chi connectivity index (χ0) is 16.9. The number of rotatable bonds is 5. The van der Waals surface area contributed by atoms with Crippen LogP contribution in [0.3, 0.4) is 0 Å². The Morgan fingerprint density at radius 3 is 2.58 bits per heavy atom. The lowest BCUT2D eigenvalue weighted by atomic mass is 10.0. The first kappa shape index (κ1) is 16.5. The van der Waals surface area contributed by atoms with Gasteiger partial charge in [-0.3, -0.25) is 9.59 Å². The molecule has 0 saturated heterocycles. The summed E-state index contributed by atoms with van der Waals surface area (Å²) >= 11 is 0. The first-order chi connectivity index (χ1) is 11.6. The van der Waals surface area contributed by atoms with Gasteiger partial charge in [-0.1, -0.05) is 43.2 Å². The zero-order valence-corrected chi connectivity index (χ0v) is 14.0. The molecule has 1 aliphatic rings. The molecule has 0 spiro atoms. The van der Waals surface area contributed by atoms with Crippen LogP contribution in [-0.4, -0.2) is 18.0 Å². The molecule has 0 aliphatic heterocycles. The van der Waals surface area contributed by atoms with Crippen LogP contribution in [0.15, 0.2) is 42.5 Å². The van der Waals surface area contributed by atoms with Crippen molar-refractivity contribution in [3.63, 3.8) is 0 Å². The van der Waals surface area contributed by atoms with E-state index in [0.717, 1.165) is 23.6 Å². The summed E-state index contributed by atoms with van der Waals surface area (Å²) in [5, 5.41) is 4.99. The van der Waals surface area contributed by atoms with Crippen LogP contribution < -0.4 is 5.32 Å². The van der Waals surface area contributed by atoms with Crippen LogP contribution in [0.25, 0.3) is 10.8 Å². The van der Waals surface area contributed by atoms with Crippen molar-refractivity contribution in [2.75, 3.05) is 5.32 Å². The Kier molecular flexibility index (Phi) is 5.14. The van der Waals surface area contributed by atoms with Crippen LogP contribution in [0.1, 0.15) is 39.0 Å². The number of hydrogen-bond acceptors (Lipinski definition) is 3. The van der Waals surface area contributed by atoms with E-state index in [1.807, 2.05) is 42.5 Å². The van der Waals surface area contributed by atoms with Gasteiger partial charge in [-0.05, 0) is 48.6 Å². The minimum Gasteiger partial charge on any atom is -0.453 e. The number of esters is 1. The first-order valence-electron chi connectivity index (χ1n) is 8.61. The SMILES string of the molecule is C[C@H](OC(=O)CC1CCCC1)C(=O)Nc1ccc2ccccc2c1. The summed E-state index contributed by atoms with van der Waals surface area (Å²) in [6.07, 6.45) is 4.20. The summed E-state index contributed by atoms with van der Waals surface area (Å²) in [5.74, 6) is -0.152. The quantitative estimate of drug-likeness (QED) is 0.834. The van der Waals surface area contributed by atoms with Crippen LogP contribution in [0.2, 0.25) is 0 Å². The number of nitrogens with one attached hydrogen (secondary N) is 1. The molecule has 0 bridgehead atoms. The van der Waals surface area contributed by atoms with Gasteiger partial charge in [0.1, 0.15) is 0 Å². The molecule has 2 aromatic carbocycles. The maximum absolute atomic E-state index is 12.2. The highest BCUT2D eigenvalue weighted by Gasteiger charge is 2.23. The van der Waals surface area contributed by atoms with E-state index in [1.165, 1.54) is 12.8 Å². The van der Waals surface area contributed by atoms with Crippen LogP contribution in [0, 0.1) is 5.92 Å². The van der Waals surface area contributed by atoms with Crippen LogP contribution in [0.4, 0.5) is 5.69 Å². The Bertz CT molecular complexity index is 734. The van der Waals surface area contributed by atoms with Crippen molar-refractivity contribution < 1.29 is 14.3 Å². The van der Waals surface area contributed by atoms with Gasteiger partial charge < -0.3 is 10.1 Å². The van der Waals surface area contributed by atoms with E-state index in [-0.39, 0.29) is 11.9 Å². The van der Waals surface area contributed by atoms with Crippen LogP contribution in [-0.2, 0) is 14.3 Å². The van der Waals surface area contributed by atoms with Gasteiger partial charge in [-0.25, -0.2) is 0 Å². The molecule has 126 valence electrons. The van der Waals surface area contributed by atoms with Crippen molar-refractivity contribution in [2.24, 2.45) is 5.92 Å². The highest BCUT2D eigenvalue weighted by atomic mass is 16.5. The van der Waals surface area contributed by atoms with Gasteiger partial charge in [0.05, 0.1) is 0 Å². The van der Waals surface area contributed by atoms with Gasteiger partial charge in [-0.15, -0.1) is 0 Å². The molecule has 1 N–H and O–H groups in total. The van der Waals surface area contributed by atoms with E-state index >= 15 is 0 Å². The second-order valence-corrected chi connectivity index (χ2v) is 6.54. The summed E-state index contributed by atoms with van der Waals surface area (Å²) in [4.78, 5) is 24.2. The summed E-state index contributed by atoms with van der Waals surface area (Å²) in [6.45, 7) is 1.61. The summed E-state index contributed by atoms with van der Waals surface area (Å²) in [6, 6.07) is 13.7.